The molecule has 3 aromatic rings. The summed E-state index contributed by atoms with van der Waals surface area (Å²) in [5.41, 5.74) is 2.76. The summed E-state index contributed by atoms with van der Waals surface area (Å²) >= 11 is 0. The van der Waals surface area contributed by atoms with Crippen molar-refractivity contribution in [2.24, 2.45) is 10.9 Å². The van der Waals surface area contributed by atoms with Crippen LogP contribution in [0, 0.1) is 17.6 Å². The molecular weight excluding hydrogens is 478 g/mol. The van der Waals surface area contributed by atoms with Gasteiger partial charge in [-0.1, -0.05) is 24.3 Å². The molecule has 3 heterocycles. The van der Waals surface area contributed by atoms with Crippen LogP contribution in [0.2, 0.25) is 0 Å². The molecule has 1 amide bonds. The lowest BCUT2D eigenvalue weighted by molar-refractivity contribution is 0.0948. The first-order valence-electron chi connectivity index (χ1n) is 11.7. The highest BCUT2D eigenvalue weighted by molar-refractivity contribution is 5.93. The van der Waals surface area contributed by atoms with Gasteiger partial charge in [0, 0.05) is 24.9 Å². The number of dihydropyridines is 1. The summed E-state index contributed by atoms with van der Waals surface area (Å²) in [4.78, 5) is 30.2. The fourth-order valence-electron chi connectivity index (χ4n) is 4.44. The van der Waals surface area contributed by atoms with Crippen LogP contribution in [0.5, 0.6) is 0 Å². The highest BCUT2D eigenvalue weighted by atomic mass is 19.2. The van der Waals surface area contributed by atoms with Crippen molar-refractivity contribution in [3.05, 3.63) is 123 Å². The summed E-state index contributed by atoms with van der Waals surface area (Å²) in [5, 5.41) is 6.07. The van der Waals surface area contributed by atoms with Crippen molar-refractivity contribution in [3.63, 3.8) is 0 Å². The van der Waals surface area contributed by atoms with Crippen LogP contribution in [0.4, 0.5) is 8.78 Å². The number of nitrogens with one attached hydrogen (secondary N) is 2. The predicted molar refractivity (Wildman–Crippen MR) is 136 cm³/mol. The predicted octanol–water partition coefficient (Wildman–Crippen LogP) is 3.61. The maximum atomic E-state index is 13.5. The Hall–Kier alpha value is -4.53. The highest BCUT2D eigenvalue weighted by Crippen LogP contribution is 2.34. The quantitative estimate of drug-likeness (QED) is 0.517. The second-order valence-electron chi connectivity index (χ2n) is 8.77. The van der Waals surface area contributed by atoms with Gasteiger partial charge in [-0.2, -0.15) is 0 Å². The number of allylic oxidation sites excluding steroid dienone is 1. The van der Waals surface area contributed by atoms with Gasteiger partial charge >= 0.3 is 0 Å². The molecule has 2 aliphatic rings. The molecule has 0 saturated carbocycles. The van der Waals surface area contributed by atoms with Crippen LogP contribution < -0.4 is 16.2 Å². The smallest absolute Gasteiger partial charge is 0.263 e. The largest absolute Gasteiger partial charge is 0.495 e. The summed E-state index contributed by atoms with van der Waals surface area (Å²) < 4.78 is 33.4. The second-order valence-corrected chi connectivity index (χ2v) is 8.77. The number of pyridine rings is 1. The number of fused-ring (bicyclic) bond motifs is 1. The molecule has 2 N–H and O–H groups in total. The van der Waals surface area contributed by atoms with Crippen LogP contribution in [-0.2, 0) is 17.8 Å². The van der Waals surface area contributed by atoms with Crippen molar-refractivity contribution < 1.29 is 18.3 Å². The molecule has 2 aromatic carbocycles. The molecule has 0 radical (unpaired) electrons. The Kier molecular flexibility index (Phi) is 6.68. The summed E-state index contributed by atoms with van der Waals surface area (Å²) in [6.45, 7) is 0.226. The van der Waals surface area contributed by atoms with Gasteiger partial charge in [0.2, 0.25) is 0 Å². The van der Waals surface area contributed by atoms with Gasteiger partial charge in [0.05, 0.1) is 19.9 Å². The number of hydrogen-bond donors (Lipinski definition) is 2. The molecule has 2 atom stereocenters. The number of nitrogens with zero attached hydrogens (tertiary/aromatic N) is 2. The number of halogens is 2. The van der Waals surface area contributed by atoms with E-state index in [1.54, 1.807) is 19.4 Å². The number of carbonyl (C=O) groups is 1. The fraction of sp³-hybridized carbons (Fsp3) is 0.179. The van der Waals surface area contributed by atoms with Gasteiger partial charge in [0.15, 0.2) is 11.6 Å². The Balaban J connectivity index is 1.28. The van der Waals surface area contributed by atoms with E-state index in [4.69, 9.17) is 4.74 Å². The Labute approximate surface area is 211 Å². The molecule has 0 spiro atoms. The van der Waals surface area contributed by atoms with Crippen LogP contribution in [0.15, 0.2) is 88.6 Å². The van der Waals surface area contributed by atoms with Gasteiger partial charge in [0.25, 0.3) is 11.5 Å². The first-order valence-corrected chi connectivity index (χ1v) is 11.7. The maximum Gasteiger partial charge on any atom is 0.263 e. The zero-order valence-electron chi connectivity index (χ0n) is 19.9. The van der Waals surface area contributed by atoms with Crippen molar-refractivity contribution in [1.29, 1.82) is 0 Å². The highest BCUT2D eigenvalue weighted by Gasteiger charge is 2.31. The van der Waals surface area contributed by atoms with Gasteiger partial charge in [-0.25, -0.2) is 8.78 Å². The third-order valence-corrected chi connectivity index (χ3v) is 6.37. The van der Waals surface area contributed by atoms with Crippen molar-refractivity contribution in [2.75, 3.05) is 7.11 Å². The standard InChI is InChI=1S/C28H24F2N4O3/c1-37-20-12-22-23(15-32-26(22)31-14-20)19-5-2-4-17(10-19)13-33-27(35)21-6-3-9-34(28(21)36)16-18-7-8-24(29)25(30)11-18/h2-12,14-15,22,26,32H,13,16H2,1H3,(H,33,35). The maximum absolute atomic E-state index is 13.5. The van der Waals surface area contributed by atoms with Gasteiger partial charge in [-0.3, -0.25) is 14.6 Å². The topological polar surface area (TPSA) is 84.7 Å². The number of methoxy groups -OCH3 is 1. The number of benzene rings is 2. The summed E-state index contributed by atoms with van der Waals surface area (Å²) in [6, 6.07) is 14.2. The minimum atomic E-state index is -0.993. The monoisotopic (exact) mass is 502 g/mol. The first-order chi connectivity index (χ1) is 17.9. The van der Waals surface area contributed by atoms with E-state index in [1.165, 1.54) is 22.9 Å². The molecule has 5 rings (SSSR count). The van der Waals surface area contributed by atoms with Crippen LogP contribution in [0.25, 0.3) is 5.57 Å². The van der Waals surface area contributed by atoms with Crippen LogP contribution in [-0.4, -0.2) is 30.0 Å². The molecule has 0 bridgehead atoms. The number of ether oxygens (including phenoxy) is 1. The lowest BCUT2D eigenvalue weighted by Gasteiger charge is -2.21. The number of hydrogen-bond acceptors (Lipinski definition) is 5. The van der Waals surface area contributed by atoms with E-state index in [1.807, 2.05) is 36.5 Å². The molecule has 1 aromatic heterocycles. The van der Waals surface area contributed by atoms with E-state index in [-0.39, 0.29) is 30.7 Å². The molecule has 7 nitrogen and oxygen atoms in total. The van der Waals surface area contributed by atoms with Crippen molar-refractivity contribution >= 4 is 17.7 Å². The van der Waals surface area contributed by atoms with Crippen LogP contribution in [0.3, 0.4) is 0 Å². The average molecular weight is 503 g/mol. The van der Waals surface area contributed by atoms with Gasteiger partial charge in [-0.15, -0.1) is 0 Å². The van der Waals surface area contributed by atoms with Crippen molar-refractivity contribution in [2.45, 2.75) is 19.3 Å². The number of aliphatic imine (C=N–C) groups is 1. The first kappa shape index (κ1) is 24.2. The summed E-state index contributed by atoms with van der Waals surface area (Å²) in [5.74, 6) is -1.74. The second kappa shape index (κ2) is 10.2. The summed E-state index contributed by atoms with van der Waals surface area (Å²) in [6.07, 6.45) is 7.09. The summed E-state index contributed by atoms with van der Waals surface area (Å²) in [7, 11) is 1.61. The van der Waals surface area contributed by atoms with E-state index in [9.17, 15) is 18.4 Å². The lowest BCUT2D eigenvalue weighted by Crippen LogP contribution is -2.32. The average Bonchev–Trinajstić information content (AvgIpc) is 3.34. The Morgan fingerprint density at radius 2 is 1.97 bits per heavy atom. The zero-order valence-corrected chi connectivity index (χ0v) is 19.9. The van der Waals surface area contributed by atoms with Gasteiger partial charge < -0.3 is 19.9 Å². The van der Waals surface area contributed by atoms with Gasteiger partial charge in [-0.05, 0) is 58.7 Å². The Bertz CT molecular complexity index is 1510. The molecule has 2 unspecified atom stereocenters. The zero-order chi connectivity index (χ0) is 25.9. The molecule has 0 saturated heterocycles. The van der Waals surface area contributed by atoms with Crippen LogP contribution in [0.1, 0.15) is 27.0 Å². The number of amides is 1. The number of aromatic nitrogens is 1. The SMILES string of the molecule is COC1=CC2C(c3cccc(CNC(=O)c4cccn(Cc5ccc(F)c(F)c5)c4=O)c3)=CNC2N=C1. The van der Waals surface area contributed by atoms with Crippen LogP contribution >= 0.6 is 0 Å². The molecular formula is C28H24F2N4O3. The molecule has 0 aliphatic carbocycles. The molecule has 9 heteroatoms. The minimum Gasteiger partial charge on any atom is -0.495 e. The Morgan fingerprint density at radius 3 is 2.78 bits per heavy atom. The normalized spacial score (nSPS) is 17.9. The number of carbonyl (C=O) groups excluding carboxylic acids is 1. The van der Waals surface area contributed by atoms with E-state index >= 15 is 0 Å². The molecule has 2 aliphatic heterocycles. The number of rotatable bonds is 7. The molecule has 0 fully saturated rings. The van der Waals surface area contributed by atoms with Crippen molar-refractivity contribution in [1.82, 2.24) is 15.2 Å². The van der Waals surface area contributed by atoms with E-state index < -0.39 is 23.1 Å². The third-order valence-electron chi connectivity index (χ3n) is 6.37. The lowest BCUT2D eigenvalue weighted by atomic mass is 9.91. The van der Waals surface area contributed by atoms with E-state index in [2.05, 4.69) is 15.6 Å². The third kappa shape index (κ3) is 5.06. The van der Waals surface area contributed by atoms with E-state index in [0.717, 1.165) is 28.8 Å². The molecule has 188 valence electrons. The Morgan fingerprint density at radius 1 is 1.11 bits per heavy atom. The van der Waals surface area contributed by atoms with Gasteiger partial charge in [0.1, 0.15) is 17.5 Å². The minimum absolute atomic E-state index is 0.00772. The fourth-order valence-corrected chi connectivity index (χ4v) is 4.44. The van der Waals surface area contributed by atoms with E-state index in [0.29, 0.717) is 11.3 Å². The molecule has 37 heavy (non-hydrogen) atoms. The van der Waals surface area contributed by atoms with Crippen molar-refractivity contribution in [3.8, 4) is 0 Å².